The predicted molar refractivity (Wildman–Crippen MR) is 134 cm³/mol. The van der Waals surface area contributed by atoms with Gasteiger partial charge in [-0.15, -0.1) is 0 Å². The summed E-state index contributed by atoms with van der Waals surface area (Å²) in [6, 6.07) is 3.14. The molecule has 0 aliphatic heterocycles. The van der Waals surface area contributed by atoms with Gasteiger partial charge in [-0.05, 0) is 24.1 Å². The summed E-state index contributed by atoms with van der Waals surface area (Å²) in [7, 11) is 0. The highest BCUT2D eigenvalue weighted by Gasteiger charge is 2.29. The SMILES string of the molecule is O=C(O)CN(CCOC(=O)c1c(O)c(O)cc2occ(C3=CCc4cc(O)c(O)cc4C3=O)c(=O)c12)CC(=O)O. The van der Waals surface area contributed by atoms with Crippen LogP contribution in [-0.2, 0) is 20.7 Å². The molecule has 208 valence electrons. The number of phenols is 4. The van der Waals surface area contributed by atoms with Crippen LogP contribution >= 0.6 is 0 Å². The summed E-state index contributed by atoms with van der Waals surface area (Å²) >= 11 is 0. The number of phenolic OH excluding ortho intramolecular Hbond substituents is 4. The fourth-order valence-corrected chi connectivity index (χ4v) is 4.27. The Labute approximate surface area is 223 Å². The lowest BCUT2D eigenvalue weighted by Crippen LogP contribution is -2.37. The number of carboxylic acid groups (broad SMARTS) is 2. The molecule has 0 atom stereocenters. The van der Waals surface area contributed by atoms with Crippen LogP contribution in [0.15, 0.2) is 39.7 Å². The summed E-state index contributed by atoms with van der Waals surface area (Å²) in [4.78, 5) is 62.5. The van der Waals surface area contributed by atoms with Crippen molar-refractivity contribution < 1.29 is 59.0 Å². The van der Waals surface area contributed by atoms with Gasteiger partial charge in [-0.3, -0.25) is 24.1 Å². The number of ether oxygens (including phenoxy) is 1. The quantitative estimate of drug-likeness (QED) is 0.160. The second kappa shape index (κ2) is 10.8. The number of aromatic hydroxyl groups is 4. The van der Waals surface area contributed by atoms with E-state index in [2.05, 4.69) is 0 Å². The van der Waals surface area contributed by atoms with Gasteiger partial charge < -0.3 is 39.8 Å². The van der Waals surface area contributed by atoms with Crippen LogP contribution in [0, 0.1) is 0 Å². The molecule has 1 heterocycles. The van der Waals surface area contributed by atoms with Gasteiger partial charge in [0.1, 0.15) is 24.0 Å². The average molecular weight is 555 g/mol. The lowest BCUT2D eigenvalue weighted by molar-refractivity contribution is -0.141. The van der Waals surface area contributed by atoms with Crippen LogP contribution in [0.4, 0.5) is 0 Å². The summed E-state index contributed by atoms with van der Waals surface area (Å²) in [5.74, 6) is -7.48. The van der Waals surface area contributed by atoms with E-state index in [4.69, 9.17) is 19.4 Å². The van der Waals surface area contributed by atoms with Crippen molar-refractivity contribution >= 4 is 40.2 Å². The van der Waals surface area contributed by atoms with Gasteiger partial charge >= 0.3 is 17.9 Å². The van der Waals surface area contributed by atoms with Crippen LogP contribution in [0.3, 0.4) is 0 Å². The van der Waals surface area contributed by atoms with Gasteiger partial charge in [-0.2, -0.15) is 0 Å². The Morgan fingerprint density at radius 2 is 1.55 bits per heavy atom. The minimum Gasteiger partial charge on any atom is -0.504 e. The van der Waals surface area contributed by atoms with Crippen LogP contribution in [0.1, 0.15) is 31.8 Å². The zero-order valence-corrected chi connectivity index (χ0v) is 20.4. The number of carbonyl (C=O) groups excluding carboxylic acids is 2. The number of rotatable bonds is 9. The molecule has 1 aromatic heterocycles. The minimum absolute atomic E-state index is 0.0211. The number of Topliss-reactive ketones (excluding diaryl/α,β-unsaturated/α-hetero) is 1. The number of hydrogen-bond donors (Lipinski definition) is 6. The van der Waals surface area contributed by atoms with E-state index in [1.54, 1.807) is 0 Å². The largest absolute Gasteiger partial charge is 0.504 e. The molecule has 14 nitrogen and oxygen atoms in total. The van der Waals surface area contributed by atoms with Crippen molar-refractivity contribution in [1.29, 1.82) is 0 Å². The molecule has 40 heavy (non-hydrogen) atoms. The minimum atomic E-state index is -1.32. The number of ketones is 1. The third-order valence-corrected chi connectivity index (χ3v) is 6.09. The highest BCUT2D eigenvalue weighted by Crippen LogP contribution is 2.37. The highest BCUT2D eigenvalue weighted by molar-refractivity contribution is 6.30. The molecular weight excluding hydrogens is 534 g/mol. The van der Waals surface area contributed by atoms with E-state index in [9.17, 15) is 44.4 Å². The van der Waals surface area contributed by atoms with Crippen molar-refractivity contribution in [1.82, 2.24) is 4.90 Å². The topological polar surface area (TPSA) is 232 Å². The lowest BCUT2D eigenvalue weighted by Gasteiger charge is -2.18. The number of carboxylic acids is 2. The summed E-state index contributed by atoms with van der Waals surface area (Å²) in [6.07, 6.45) is 2.42. The van der Waals surface area contributed by atoms with Crippen LogP contribution in [0.2, 0.25) is 0 Å². The highest BCUT2D eigenvalue weighted by atomic mass is 16.5. The maximum absolute atomic E-state index is 13.5. The molecule has 4 rings (SSSR count). The Hall–Kier alpha value is -5.37. The van der Waals surface area contributed by atoms with Gasteiger partial charge in [0.05, 0.1) is 24.0 Å². The molecule has 14 heteroatoms. The summed E-state index contributed by atoms with van der Waals surface area (Å²) in [5.41, 5.74) is -2.09. The molecule has 3 aromatic rings. The molecule has 0 radical (unpaired) electrons. The first-order valence-electron chi connectivity index (χ1n) is 11.5. The lowest BCUT2D eigenvalue weighted by atomic mass is 9.86. The van der Waals surface area contributed by atoms with E-state index in [1.807, 2.05) is 0 Å². The van der Waals surface area contributed by atoms with Crippen molar-refractivity contribution in [2.45, 2.75) is 6.42 Å². The maximum Gasteiger partial charge on any atom is 0.343 e. The fraction of sp³-hybridized carbons (Fsp3) is 0.192. The molecule has 2 aromatic carbocycles. The second-order valence-corrected chi connectivity index (χ2v) is 8.75. The average Bonchev–Trinajstić information content (AvgIpc) is 2.86. The number of carbonyl (C=O) groups is 4. The molecule has 1 aliphatic rings. The zero-order chi connectivity index (χ0) is 29.3. The first kappa shape index (κ1) is 27.7. The van der Waals surface area contributed by atoms with E-state index < -0.39 is 82.8 Å². The van der Waals surface area contributed by atoms with Gasteiger partial charge in [0.15, 0.2) is 28.8 Å². The van der Waals surface area contributed by atoms with Crippen molar-refractivity contribution in [3.63, 3.8) is 0 Å². The van der Waals surface area contributed by atoms with Gasteiger partial charge in [-0.1, -0.05) is 6.08 Å². The monoisotopic (exact) mass is 555 g/mol. The van der Waals surface area contributed by atoms with E-state index in [0.29, 0.717) is 5.56 Å². The first-order chi connectivity index (χ1) is 18.9. The third-order valence-electron chi connectivity index (χ3n) is 6.09. The van der Waals surface area contributed by atoms with E-state index in [0.717, 1.165) is 23.3 Å². The summed E-state index contributed by atoms with van der Waals surface area (Å²) in [6.45, 7) is -2.20. The van der Waals surface area contributed by atoms with Crippen molar-refractivity contribution in [3.8, 4) is 23.0 Å². The first-order valence-corrected chi connectivity index (χ1v) is 11.5. The van der Waals surface area contributed by atoms with Gasteiger partial charge in [0, 0.05) is 23.7 Å². The Bertz CT molecular complexity index is 1650. The van der Waals surface area contributed by atoms with Crippen molar-refractivity contribution in [2.24, 2.45) is 0 Å². The normalized spacial score (nSPS) is 12.7. The molecule has 0 unspecified atom stereocenters. The van der Waals surface area contributed by atoms with Gasteiger partial charge in [0.25, 0.3) is 0 Å². The van der Waals surface area contributed by atoms with Crippen LogP contribution in [0.5, 0.6) is 23.0 Å². The van der Waals surface area contributed by atoms with Crippen LogP contribution in [-0.4, -0.2) is 85.5 Å². The number of fused-ring (bicyclic) bond motifs is 2. The molecule has 0 fully saturated rings. The number of hydrogen-bond acceptors (Lipinski definition) is 12. The zero-order valence-electron chi connectivity index (χ0n) is 20.4. The van der Waals surface area contributed by atoms with Crippen LogP contribution in [0.25, 0.3) is 16.5 Å². The second-order valence-electron chi connectivity index (χ2n) is 8.75. The van der Waals surface area contributed by atoms with E-state index in [1.165, 1.54) is 12.1 Å². The molecule has 1 aliphatic carbocycles. The van der Waals surface area contributed by atoms with E-state index in [-0.39, 0.29) is 35.2 Å². The Morgan fingerprint density at radius 1 is 0.900 bits per heavy atom. The van der Waals surface area contributed by atoms with Gasteiger partial charge in [0.2, 0.25) is 5.43 Å². The van der Waals surface area contributed by atoms with Crippen molar-refractivity contribution in [3.05, 3.63) is 63.0 Å². The smallest absolute Gasteiger partial charge is 0.343 e. The molecule has 0 saturated carbocycles. The van der Waals surface area contributed by atoms with E-state index >= 15 is 0 Å². The standard InChI is InChI=1S/C26H21NO13/c28-15-5-11-1-2-12(23(35)13(11)6-16(15)29)14-10-40-18-7-17(30)25(37)22(21(18)24(14)36)26(38)39-4-3-27(8-19(31)32)9-20(33)34/h2,5-7,10,28-30,37H,1,3-4,8-9H2,(H,31,32)(H,33,34). The number of nitrogens with zero attached hydrogens (tertiary/aromatic N) is 1. The Kier molecular flexibility index (Phi) is 7.45. The number of esters is 1. The molecule has 0 spiro atoms. The third kappa shape index (κ3) is 5.28. The Morgan fingerprint density at radius 3 is 2.20 bits per heavy atom. The Balaban J connectivity index is 1.70. The number of allylic oxidation sites excluding steroid dienone is 2. The molecule has 0 saturated heterocycles. The van der Waals surface area contributed by atoms with Gasteiger partial charge in [-0.25, -0.2) is 4.79 Å². The molecule has 0 bridgehead atoms. The summed E-state index contributed by atoms with van der Waals surface area (Å²) < 4.78 is 10.5. The molecular formula is C26H21NO13. The fourth-order valence-electron chi connectivity index (χ4n) is 4.27. The number of aliphatic carboxylic acids is 2. The molecule has 0 amide bonds. The predicted octanol–water partition coefficient (Wildman–Crippen LogP) is 1.07. The summed E-state index contributed by atoms with van der Waals surface area (Å²) in [5, 5.41) is 57.4. The maximum atomic E-state index is 13.5. The molecule has 6 N–H and O–H groups in total. The number of benzene rings is 2. The van der Waals surface area contributed by atoms with Crippen molar-refractivity contribution in [2.75, 3.05) is 26.2 Å². The van der Waals surface area contributed by atoms with Crippen LogP contribution < -0.4 is 5.43 Å².